The van der Waals surface area contributed by atoms with Crippen molar-refractivity contribution in [2.24, 2.45) is 0 Å². The molecule has 1 unspecified atom stereocenters. The van der Waals surface area contributed by atoms with Crippen LogP contribution in [0.5, 0.6) is 0 Å². The average Bonchev–Trinajstić information content (AvgIpc) is 2.37. The first-order chi connectivity index (χ1) is 9.62. The summed E-state index contributed by atoms with van der Waals surface area (Å²) in [4.78, 5) is -0.300. The fourth-order valence-electron chi connectivity index (χ4n) is 2.14. The van der Waals surface area contributed by atoms with Crippen LogP contribution in [0.15, 0.2) is 23.1 Å². The number of nitrogens with zero attached hydrogens (tertiary/aromatic N) is 1. The molecule has 1 fully saturated rings. The number of nitrogens with one attached hydrogen (secondary N) is 1. The lowest BCUT2D eigenvalue weighted by atomic mass is 10.2. The molecule has 0 radical (unpaired) electrons. The topological polar surface area (TPSA) is 49.4 Å². The first kappa shape index (κ1) is 19.5. The van der Waals surface area contributed by atoms with Gasteiger partial charge in [-0.25, -0.2) is 8.42 Å². The Balaban J connectivity index is 0.00000242. The largest absolute Gasteiger partial charge is 0.416 e. The Morgan fingerprint density at radius 3 is 2.50 bits per heavy atom. The van der Waals surface area contributed by atoms with Gasteiger partial charge in [-0.05, 0) is 25.1 Å². The van der Waals surface area contributed by atoms with E-state index in [-0.39, 0.29) is 36.4 Å². The van der Waals surface area contributed by atoms with Crippen molar-refractivity contribution in [3.05, 3.63) is 28.8 Å². The van der Waals surface area contributed by atoms with Crippen LogP contribution in [0, 0.1) is 0 Å². The van der Waals surface area contributed by atoms with Crippen LogP contribution in [0.3, 0.4) is 0 Å². The first-order valence-electron chi connectivity index (χ1n) is 6.22. The minimum Gasteiger partial charge on any atom is -0.312 e. The monoisotopic (exact) mass is 378 g/mol. The van der Waals surface area contributed by atoms with Gasteiger partial charge in [0.2, 0.25) is 10.0 Å². The van der Waals surface area contributed by atoms with E-state index in [1.54, 1.807) is 0 Å². The lowest BCUT2D eigenvalue weighted by Gasteiger charge is -2.31. The molecule has 22 heavy (non-hydrogen) atoms. The molecule has 0 amide bonds. The SMILES string of the molecule is CC1CN(S(=O)(=O)c2ccc(C(F)(F)F)cc2Cl)CCN1.Cl. The molecule has 1 atom stereocenters. The molecule has 0 bridgehead atoms. The zero-order valence-corrected chi connectivity index (χ0v) is 13.9. The molecule has 0 spiro atoms. The van der Waals surface area contributed by atoms with Crippen molar-refractivity contribution in [1.82, 2.24) is 9.62 Å². The van der Waals surface area contributed by atoms with Gasteiger partial charge in [0.15, 0.2) is 0 Å². The molecular weight excluding hydrogens is 364 g/mol. The van der Waals surface area contributed by atoms with Gasteiger partial charge in [-0.2, -0.15) is 17.5 Å². The third kappa shape index (κ3) is 4.05. The summed E-state index contributed by atoms with van der Waals surface area (Å²) < 4.78 is 63.8. The van der Waals surface area contributed by atoms with Crippen LogP contribution in [0.2, 0.25) is 5.02 Å². The van der Waals surface area contributed by atoms with E-state index in [0.29, 0.717) is 12.6 Å². The number of rotatable bonds is 2. The second kappa shape index (κ2) is 6.92. The molecule has 1 aliphatic rings. The van der Waals surface area contributed by atoms with Gasteiger partial charge < -0.3 is 5.32 Å². The van der Waals surface area contributed by atoms with Gasteiger partial charge in [0.1, 0.15) is 4.90 Å². The average molecular weight is 379 g/mol. The van der Waals surface area contributed by atoms with Gasteiger partial charge in [0.05, 0.1) is 10.6 Å². The van der Waals surface area contributed by atoms with E-state index in [4.69, 9.17) is 11.6 Å². The summed E-state index contributed by atoms with van der Waals surface area (Å²) in [6, 6.07) is 2.25. The number of benzene rings is 1. The fourth-order valence-corrected chi connectivity index (χ4v) is 4.19. The summed E-state index contributed by atoms with van der Waals surface area (Å²) >= 11 is 5.75. The first-order valence-corrected chi connectivity index (χ1v) is 8.04. The number of hydrogen-bond donors (Lipinski definition) is 1. The van der Waals surface area contributed by atoms with Crippen LogP contribution >= 0.6 is 24.0 Å². The maximum Gasteiger partial charge on any atom is 0.416 e. The van der Waals surface area contributed by atoms with Gasteiger partial charge in [-0.1, -0.05) is 11.6 Å². The highest BCUT2D eigenvalue weighted by molar-refractivity contribution is 7.89. The van der Waals surface area contributed by atoms with Crippen LogP contribution in [-0.4, -0.2) is 38.4 Å². The Labute approximate surface area is 138 Å². The van der Waals surface area contributed by atoms with Gasteiger partial charge in [-0.15, -0.1) is 12.4 Å². The Morgan fingerprint density at radius 2 is 2.00 bits per heavy atom. The molecule has 10 heteroatoms. The molecule has 1 heterocycles. The molecule has 4 nitrogen and oxygen atoms in total. The van der Waals surface area contributed by atoms with Crippen molar-refractivity contribution >= 4 is 34.0 Å². The number of hydrogen-bond acceptors (Lipinski definition) is 3. The summed E-state index contributed by atoms with van der Waals surface area (Å²) in [5.74, 6) is 0. The predicted molar refractivity (Wildman–Crippen MR) is 79.9 cm³/mol. The van der Waals surface area contributed by atoms with E-state index in [9.17, 15) is 21.6 Å². The number of halogens is 5. The number of sulfonamides is 1. The quantitative estimate of drug-likeness (QED) is 0.860. The van der Waals surface area contributed by atoms with Gasteiger partial charge in [0, 0.05) is 25.7 Å². The summed E-state index contributed by atoms with van der Waals surface area (Å²) in [5, 5.41) is 2.67. The van der Waals surface area contributed by atoms with Crippen molar-refractivity contribution < 1.29 is 21.6 Å². The van der Waals surface area contributed by atoms with Crippen LogP contribution in [0.25, 0.3) is 0 Å². The lowest BCUT2D eigenvalue weighted by molar-refractivity contribution is -0.137. The van der Waals surface area contributed by atoms with E-state index >= 15 is 0 Å². The molecule has 1 aromatic rings. The van der Waals surface area contributed by atoms with Crippen LogP contribution in [-0.2, 0) is 16.2 Å². The highest BCUT2D eigenvalue weighted by Gasteiger charge is 2.34. The maximum atomic E-state index is 12.6. The molecule has 1 saturated heterocycles. The predicted octanol–water partition coefficient (Wildman–Crippen LogP) is 2.76. The third-order valence-electron chi connectivity index (χ3n) is 3.21. The maximum absolute atomic E-state index is 12.6. The Morgan fingerprint density at radius 1 is 1.36 bits per heavy atom. The van der Waals surface area contributed by atoms with Crippen LogP contribution in [0.1, 0.15) is 12.5 Å². The summed E-state index contributed by atoms with van der Waals surface area (Å²) in [6.07, 6.45) is -4.56. The standard InChI is InChI=1S/C12H14ClF3N2O2S.ClH/c1-8-7-18(5-4-17-8)21(19,20)11-3-2-9(6-10(11)13)12(14,15)16;/h2-3,6,8,17H,4-5,7H2,1H3;1H. The van der Waals surface area contributed by atoms with Crippen molar-refractivity contribution in [1.29, 1.82) is 0 Å². The smallest absolute Gasteiger partial charge is 0.312 e. The lowest BCUT2D eigenvalue weighted by Crippen LogP contribution is -2.51. The highest BCUT2D eigenvalue weighted by atomic mass is 35.5. The van der Waals surface area contributed by atoms with Crippen molar-refractivity contribution in [2.45, 2.75) is 24.0 Å². The minimum absolute atomic E-state index is 0. The van der Waals surface area contributed by atoms with E-state index in [2.05, 4.69) is 5.32 Å². The summed E-state index contributed by atoms with van der Waals surface area (Å²) in [5.41, 5.74) is -0.972. The molecular formula is C12H15Cl2F3N2O2S. The molecule has 0 aliphatic carbocycles. The van der Waals surface area contributed by atoms with E-state index in [1.807, 2.05) is 6.92 Å². The van der Waals surface area contributed by atoms with Gasteiger partial charge in [-0.3, -0.25) is 0 Å². The molecule has 0 aromatic heterocycles. The summed E-state index contributed by atoms with van der Waals surface area (Å²) in [6.45, 7) is 2.82. The van der Waals surface area contributed by atoms with Crippen molar-refractivity contribution in [2.75, 3.05) is 19.6 Å². The van der Waals surface area contributed by atoms with E-state index < -0.39 is 26.8 Å². The number of piperazine rings is 1. The van der Waals surface area contributed by atoms with Crippen LogP contribution < -0.4 is 5.32 Å². The van der Waals surface area contributed by atoms with Crippen LogP contribution in [0.4, 0.5) is 13.2 Å². The number of alkyl halides is 3. The zero-order chi connectivity index (χ0) is 15.8. The Bertz CT molecular complexity index is 638. The van der Waals surface area contributed by atoms with Crippen molar-refractivity contribution in [3.63, 3.8) is 0 Å². The third-order valence-corrected chi connectivity index (χ3v) is 5.56. The fraction of sp³-hybridized carbons (Fsp3) is 0.500. The Hall–Kier alpha value is -0.540. The molecule has 1 aliphatic heterocycles. The summed E-state index contributed by atoms with van der Waals surface area (Å²) in [7, 11) is -3.89. The second-order valence-corrected chi connectivity index (χ2v) is 7.17. The second-order valence-electron chi connectivity index (χ2n) is 4.86. The molecule has 2 rings (SSSR count). The molecule has 1 N–H and O–H groups in total. The van der Waals surface area contributed by atoms with Crippen molar-refractivity contribution in [3.8, 4) is 0 Å². The minimum atomic E-state index is -4.56. The molecule has 1 aromatic carbocycles. The molecule has 0 saturated carbocycles. The normalized spacial score (nSPS) is 20.5. The van der Waals surface area contributed by atoms with E-state index in [0.717, 1.165) is 12.1 Å². The van der Waals surface area contributed by atoms with Gasteiger partial charge in [0.25, 0.3) is 0 Å². The molecule has 126 valence electrons. The van der Waals surface area contributed by atoms with Gasteiger partial charge >= 0.3 is 6.18 Å². The van der Waals surface area contributed by atoms with E-state index in [1.165, 1.54) is 4.31 Å². The Kier molecular flexibility index (Phi) is 6.14. The zero-order valence-electron chi connectivity index (χ0n) is 11.5. The highest BCUT2D eigenvalue weighted by Crippen LogP contribution is 2.34.